The first-order valence-electron chi connectivity index (χ1n) is 4.52. The van der Waals surface area contributed by atoms with Gasteiger partial charge in [0, 0.05) is 6.61 Å². The molecule has 0 bridgehead atoms. The highest BCUT2D eigenvalue weighted by Crippen LogP contribution is 2.17. The van der Waals surface area contributed by atoms with Crippen LogP contribution in [-0.2, 0) is 9.53 Å². The van der Waals surface area contributed by atoms with Crippen LogP contribution < -0.4 is 0 Å². The molecule has 0 spiro atoms. The maximum absolute atomic E-state index is 10.6. The Morgan fingerprint density at radius 1 is 1.58 bits per heavy atom. The summed E-state index contributed by atoms with van der Waals surface area (Å²) in [6, 6.07) is 0. The van der Waals surface area contributed by atoms with E-state index in [0.29, 0.717) is 5.92 Å². The number of carbonyl (C=O) groups excluding carboxylic acids is 1. The molecule has 1 saturated heterocycles. The minimum Gasteiger partial charge on any atom is -0.374 e. The van der Waals surface area contributed by atoms with Crippen molar-refractivity contribution in [2.45, 2.75) is 32.8 Å². The van der Waals surface area contributed by atoms with E-state index in [0.717, 1.165) is 31.3 Å². The highest BCUT2D eigenvalue weighted by molar-refractivity contribution is 5.73. The Balaban J connectivity index is 2.56. The van der Waals surface area contributed by atoms with Crippen LogP contribution in [0.5, 0.6) is 0 Å². The van der Waals surface area contributed by atoms with Crippen molar-refractivity contribution < 1.29 is 9.53 Å². The third-order valence-electron chi connectivity index (χ3n) is 2.15. The molecule has 0 saturated carbocycles. The summed E-state index contributed by atoms with van der Waals surface area (Å²) in [4.78, 5) is 10.6. The van der Waals surface area contributed by atoms with Gasteiger partial charge in [0.25, 0.3) is 0 Å². The van der Waals surface area contributed by atoms with Crippen molar-refractivity contribution >= 4 is 6.29 Å². The second kappa shape index (κ2) is 4.41. The van der Waals surface area contributed by atoms with Crippen LogP contribution >= 0.6 is 0 Å². The second-order valence-electron chi connectivity index (χ2n) is 3.49. The van der Waals surface area contributed by atoms with Crippen molar-refractivity contribution in [3.63, 3.8) is 0 Å². The zero-order valence-electron chi connectivity index (χ0n) is 7.75. The molecule has 0 aliphatic carbocycles. The Morgan fingerprint density at radius 3 is 2.75 bits per heavy atom. The highest BCUT2D eigenvalue weighted by atomic mass is 16.5. The van der Waals surface area contributed by atoms with Crippen LogP contribution in [0.1, 0.15) is 26.7 Å². The molecular weight excluding hydrogens is 152 g/mol. The smallest absolute Gasteiger partial charge is 0.146 e. The van der Waals surface area contributed by atoms with Gasteiger partial charge in [-0.1, -0.05) is 13.8 Å². The molecule has 0 amide bonds. The fourth-order valence-electron chi connectivity index (χ4n) is 1.32. The van der Waals surface area contributed by atoms with Crippen LogP contribution in [0.4, 0.5) is 0 Å². The molecule has 1 aliphatic rings. The molecule has 68 valence electrons. The molecule has 1 heterocycles. The predicted molar refractivity (Wildman–Crippen MR) is 48.0 cm³/mol. The Hall–Kier alpha value is -0.630. The lowest BCUT2D eigenvalue weighted by atomic mass is 10.0. The van der Waals surface area contributed by atoms with Crippen molar-refractivity contribution in [1.82, 2.24) is 0 Å². The first-order chi connectivity index (χ1) is 5.74. The maximum Gasteiger partial charge on any atom is 0.146 e. The third-order valence-corrected chi connectivity index (χ3v) is 2.15. The summed E-state index contributed by atoms with van der Waals surface area (Å²) in [5.74, 6) is 0.312. The number of rotatable bonds is 3. The predicted octanol–water partition coefficient (Wildman–Crippen LogP) is 1.95. The van der Waals surface area contributed by atoms with Crippen molar-refractivity contribution in [2.24, 2.45) is 5.92 Å². The van der Waals surface area contributed by atoms with Gasteiger partial charge in [0.2, 0.25) is 0 Å². The molecule has 0 aromatic carbocycles. The number of ether oxygens (including phenoxy) is 1. The molecule has 1 fully saturated rings. The summed E-state index contributed by atoms with van der Waals surface area (Å²) in [5, 5.41) is 0. The van der Waals surface area contributed by atoms with E-state index >= 15 is 0 Å². The molecule has 1 atom stereocenters. The highest BCUT2D eigenvalue weighted by Gasteiger charge is 2.14. The molecule has 0 N–H and O–H groups in total. The van der Waals surface area contributed by atoms with Crippen molar-refractivity contribution in [1.29, 1.82) is 0 Å². The fourth-order valence-corrected chi connectivity index (χ4v) is 1.32. The summed E-state index contributed by atoms with van der Waals surface area (Å²) >= 11 is 0. The van der Waals surface area contributed by atoms with Gasteiger partial charge in [-0.15, -0.1) is 0 Å². The number of carbonyl (C=O) groups is 1. The van der Waals surface area contributed by atoms with E-state index < -0.39 is 0 Å². The minimum atomic E-state index is 0.188. The van der Waals surface area contributed by atoms with Crippen LogP contribution in [0.2, 0.25) is 0 Å². The molecule has 2 nitrogen and oxygen atoms in total. The summed E-state index contributed by atoms with van der Waals surface area (Å²) < 4.78 is 5.40. The van der Waals surface area contributed by atoms with Crippen LogP contribution in [0.25, 0.3) is 0 Å². The van der Waals surface area contributed by atoms with E-state index in [9.17, 15) is 4.79 Å². The van der Waals surface area contributed by atoms with E-state index in [-0.39, 0.29) is 6.10 Å². The molecule has 1 rings (SSSR count). The molecule has 2 heteroatoms. The van der Waals surface area contributed by atoms with Crippen LogP contribution in [-0.4, -0.2) is 19.0 Å². The summed E-state index contributed by atoms with van der Waals surface area (Å²) in [6.45, 7) is 4.88. The van der Waals surface area contributed by atoms with Gasteiger partial charge < -0.3 is 4.74 Å². The Labute approximate surface area is 73.6 Å². The zero-order chi connectivity index (χ0) is 8.97. The Bertz CT molecular complexity index is 176. The Morgan fingerprint density at radius 2 is 2.33 bits per heavy atom. The van der Waals surface area contributed by atoms with Gasteiger partial charge >= 0.3 is 0 Å². The first-order valence-corrected chi connectivity index (χ1v) is 4.52. The lowest BCUT2D eigenvalue weighted by Gasteiger charge is -2.07. The maximum atomic E-state index is 10.6. The molecule has 0 radical (unpaired) electrons. The van der Waals surface area contributed by atoms with Gasteiger partial charge in [-0.25, -0.2) is 0 Å². The average molecular weight is 168 g/mol. The Kier molecular flexibility index (Phi) is 3.48. The normalized spacial score (nSPS) is 24.9. The van der Waals surface area contributed by atoms with E-state index in [1.807, 2.05) is 19.9 Å². The van der Waals surface area contributed by atoms with Gasteiger partial charge in [0.15, 0.2) is 0 Å². The minimum absolute atomic E-state index is 0.188. The average Bonchev–Trinajstić information content (AvgIpc) is 2.51. The van der Waals surface area contributed by atoms with Gasteiger partial charge in [0.05, 0.1) is 6.10 Å². The lowest BCUT2D eigenvalue weighted by Crippen LogP contribution is -2.05. The van der Waals surface area contributed by atoms with Gasteiger partial charge in [-0.05, 0) is 30.4 Å². The van der Waals surface area contributed by atoms with Crippen LogP contribution in [0.3, 0.4) is 0 Å². The summed E-state index contributed by atoms with van der Waals surface area (Å²) in [7, 11) is 0. The second-order valence-corrected chi connectivity index (χ2v) is 3.49. The van der Waals surface area contributed by atoms with Gasteiger partial charge in [-0.3, -0.25) is 4.79 Å². The van der Waals surface area contributed by atoms with Crippen LogP contribution in [0, 0.1) is 5.92 Å². The number of hydrogen-bond acceptors (Lipinski definition) is 2. The number of hydrogen-bond donors (Lipinski definition) is 0. The van der Waals surface area contributed by atoms with Crippen LogP contribution in [0.15, 0.2) is 11.6 Å². The van der Waals surface area contributed by atoms with Gasteiger partial charge in [0.1, 0.15) is 6.29 Å². The van der Waals surface area contributed by atoms with E-state index in [1.165, 1.54) is 0 Å². The quantitative estimate of drug-likeness (QED) is 0.475. The third kappa shape index (κ3) is 2.45. The monoisotopic (exact) mass is 168 g/mol. The fraction of sp³-hybridized carbons (Fsp3) is 0.700. The largest absolute Gasteiger partial charge is 0.374 e. The zero-order valence-corrected chi connectivity index (χ0v) is 7.75. The van der Waals surface area contributed by atoms with E-state index in [4.69, 9.17) is 4.74 Å². The first kappa shape index (κ1) is 9.46. The molecule has 0 aromatic rings. The van der Waals surface area contributed by atoms with Gasteiger partial charge in [-0.2, -0.15) is 0 Å². The standard InChI is InChI=1S/C10H16O2/c1-8(2)9(7-11)6-10-4-3-5-12-10/h6-8,10H,3-5H2,1-2H3/b9-6-. The van der Waals surface area contributed by atoms with Crippen molar-refractivity contribution in [2.75, 3.05) is 6.61 Å². The number of allylic oxidation sites excluding steroid dienone is 1. The van der Waals surface area contributed by atoms with Crippen molar-refractivity contribution in [3.8, 4) is 0 Å². The molecule has 1 aliphatic heterocycles. The summed E-state index contributed by atoms with van der Waals surface area (Å²) in [5.41, 5.74) is 0.863. The number of aldehydes is 1. The molecule has 0 aromatic heterocycles. The topological polar surface area (TPSA) is 26.3 Å². The SMILES string of the molecule is CC(C)/C(C=O)=C\C1CCCO1. The molecular formula is C10H16O2. The molecule has 12 heavy (non-hydrogen) atoms. The van der Waals surface area contributed by atoms with E-state index in [1.54, 1.807) is 0 Å². The molecule has 1 unspecified atom stereocenters. The lowest BCUT2D eigenvalue weighted by molar-refractivity contribution is -0.105. The van der Waals surface area contributed by atoms with E-state index in [2.05, 4.69) is 0 Å². The summed E-state index contributed by atoms with van der Waals surface area (Å²) in [6.07, 6.45) is 5.26. The van der Waals surface area contributed by atoms with Crippen molar-refractivity contribution in [3.05, 3.63) is 11.6 Å².